The number of aryl methyl sites for hydroxylation is 1. The van der Waals surface area contributed by atoms with E-state index in [0.29, 0.717) is 0 Å². The Morgan fingerprint density at radius 1 is 1.39 bits per heavy atom. The first-order chi connectivity index (χ1) is 8.61. The van der Waals surface area contributed by atoms with Gasteiger partial charge in [0.1, 0.15) is 5.75 Å². The van der Waals surface area contributed by atoms with Crippen molar-refractivity contribution in [3.05, 3.63) is 40.6 Å². The van der Waals surface area contributed by atoms with Gasteiger partial charge in [-0.05, 0) is 47.1 Å². The van der Waals surface area contributed by atoms with Crippen LogP contribution in [0.4, 0.5) is 5.69 Å². The smallest absolute Gasteiger partial charge is 0.133 e. The topological polar surface area (TPSA) is 39.1 Å². The molecular weight excluding hydrogens is 294 g/mol. The van der Waals surface area contributed by atoms with E-state index in [2.05, 4.69) is 33.3 Å². The van der Waals surface area contributed by atoms with Crippen LogP contribution in [0.3, 0.4) is 0 Å². The summed E-state index contributed by atoms with van der Waals surface area (Å²) in [6, 6.07) is 8.14. The van der Waals surface area contributed by atoms with E-state index in [-0.39, 0.29) is 6.04 Å². The quantitative estimate of drug-likeness (QED) is 0.941. The minimum atomic E-state index is 0.192. The van der Waals surface area contributed by atoms with Crippen LogP contribution in [0.15, 0.2) is 34.9 Å². The van der Waals surface area contributed by atoms with Crippen molar-refractivity contribution in [3.8, 4) is 5.75 Å². The van der Waals surface area contributed by atoms with Gasteiger partial charge in [-0.15, -0.1) is 0 Å². The lowest BCUT2D eigenvalue weighted by molar-refractivity contribution is 0.412. The van der Waals surface area contributed by atoms with E-state index >= 15 is 0 Å². The molecule has 0 amide bonds. The van der Waals surface area contributed by atoms with E-state index in [0.717, 1.165) is 21.6 Å². The number of ether oxygens (including phenoxy) is 1. The highest BCUT2D eigenvalue weighted by Gasteiger charge is 2.10. The van der Waals surface area contributed by atoms with E-state index in [4.69, 9.17) is 4.74 Å². The standard InChI is InChI=1S/C13H16BrN3O/c1-9(12-6-7-15-17(12)2)16-10-4-5-13(18-3)11(14)8-10/h4-9,16H,1-3H3. The van der Waals surface area contributed by atoms with Gasteiger partial charge in [0.15, 0.2) is 0 Å². The summed E-state index contributed by atoms with van der Waals surface area (Å²) >= 11 is 3.48. The number of rotatable bonds is 4. The normalized spacial score (nSPS) is 12.2. The largest absolute Gasteiger partial charge is 0.496 e. The van der Waals surface area contributed by atoms with Gasteiger partial charge in [-0.2, -0.15) is 5.10 Å². The van der Waals surface area contributed by atoms with Crippen molar-refractivity contribution in [2.24, 2.45) is 7.05 Å². The maximum absolute atomic E-state index is 5.21. The first-order valence-electron chi connectivity index (χ1n) is 5.70. The van der Waals surface area contributed by atoms with Crippen LogP contribution in [0, 0.1) is 0 Å². The van der Waals surface area contributed by atoms with Crippen LogP contribution in [-0.2, 0) is 7.05 Å². The fourth-order valence-electron chi connectivity index (χ4n) is 1.89. The third-order valence-electron chi connectivity index (χ3n) is 2.84. The highest BCUT2D eigenvalue weighted by Crippen LogP contribution is 2.29. The molecule has 0 fully saturated rings. The first kappa shape index (κ1) is 13.0. The highest BCUT2D eigenvalue weighted by atomic mass is 79.9. The second-order valence-corrected chi connectivity index (χ2v) is 4.95. The SMILES string of the molecule is COc1ccc(NC(C)c2ccnn2C)cc1Br. The molecule has 5 heteroatoms. The summed E-state index contributed by atoms with van der Waals surface area (Å²) in [5.74, 6) is 0.828. The van der Waals surface area contributed by atoms with Crippen molar-refractivity contribution in [2.45, 2.75) is 13.0 Å². The van der Waals surface area contributed by atoms with Crippen LogP contribution in [0.1, 0.15) is 18.7 Å². The van der Waals surface area contributed by atoms with Gasteiger partial charge in [-0.3, -0.25) is 4.68 Å². The fourth-order valence-corrected chi connectivity index (χ4v) is 2.43. The number of benzene rings is 1. The second kappa shape index (κ2) is 5.44. The van der Waals surface area contributed by atoms with E-state index in [1.54, 1.807) is 13.3 Å². The van der Waals surface area contributed by atoms with Gasteiger partial charge in [-0.25, -0.2) is 0 Å². The number of anilines is 1. The molecule has 18 heavy (non-hydrogen) atoms. The molecule has 0 saturated carbocycles. The third-order valence-corrected chi connectivity index (χ3v) is 3.46. The van der Waals surface area contributed by atoms with Gasteiger partial charge in [0, 0.05) is 18.9 Å². The molecule has 96 valence electrons. The predicted molar refractivity (Wildman–Crippen MR) is 75.9 cm³/mol. The number of nitrogens with zero attached hydrogens (tertiary/aromatic N) is 2. The lowest BCUT2D eigenvalue weighted by atomic mass is 10.2. The molecule has 1 heterocycles. The van der Waals surface area contributed by atoms with Crippen LogP contribution in [0.2, 0.25) is 0 Å². The average Bonchev–Trinajstić information content (AvgIpc) is 2.76. The van der Waals surface area contributed by atoms with Crippen LogP contribution in [-0.4, -0.2) is 16.9 Å². The number of aromatic nitrogens is 2. The molecule has 4 nitrogen and oxygen atoms in total. The minimum absolute atomic E-state index is 0.192. The molecule has 0 bridgehead atoms. The van der Waals surface area contributed by atoms with Crippen LogP contribution in [0.25, 0.3) is 0 Å². The Bertz CT molecular complexity index is 539. The molecule has 1 atom stereocenters. The summed E-state index contributed by atoms with van der Waals surface area (Å²) in [6.45, 7) is 2.11. The Morgan fingerprint density at radius 2 is 2.17 bits per heavy atom. The Hall–Kier alpha value is -1.49. The van der Waals surface area contributed by atoms with E-state index in [1.807, 2.05) is 36.0 Å². The molecule has 0 saturated heterocycles. The lowest BCUT2D eigenvalue weighted by Crippen LogP contribution is -2.11. The van der Waals surface area contributed by atoms with E-state index in [1.165, 1.54) is 0 Å². The minimum Gasteiger partial charge on any atom is -0.496 e. The zero-order valence-electron chi connectivity index (χ0n) is 10.6. The molecule has 0 radical (unpaired) electrons. The molecule has 2 rings (SSSR count). The fraction of sp³-hybridized carbons (Fsp3) is 0.308. The molecule has 0 spiro atoms. The predicted octanol–water partition coefficient (Wildman–Crippen LogP) is 3.36. The summed E-state index contributed by atoms with van der Waals surface area (Å²) in [6.07, 6.45) is 1.80. The van der Waals surface area contributed by atoms with Crippen molar-refractivity contribution in [2.75, 3.05) is 12.4 Å². The number of hydrogen-bond donors (Lipinski definition) is 1. The van der Waals surface area contributed by atoms with Crippen molar-refractivity contribution in [1.82, 2.24) is 9.78 Å². The number of halogens is 1. The second-order valence-electron chi connectivity index (χ2n) is 4.10. The molecular formula is C13H16BrN3O. The highest BCUT2D eigenvalue weighted by molar-refractivity contribution is 9.10. The maximum Gasteiger partial charge on any atom is 0.133 e. The zero-order chi connectivity index (χ0) is 13.1. The number of nitrogens with one attached hydrogen (secondary N) is 1. The number of methoxy groups -OCH3 is 1. The average molecular weight is 310 g/mol. The van der Waals surface area contributed by atoms with Gasteiger partial charge >= 0.3 is 0 Å². The van der Waals surface area contributed by atoms with Gasteiger partial charge in [-0.1, -0.05) is 0 Å². The molecule has 2 aromatic rings. The Morgan fingerprint density at radius 3 is 2.72 bits per heavy atom. The van der Waals surface area contributed by atoms with Crippen LogP contribution < -0.4 is 10.1 Å². The molecule has 1 aromatic carbocycles. The van der Waals surface area contributed by atoms with E-state index in [9.17, 15) is 0 Å². The summed E-state index contributed by atoms with van der Waals surface area (Å²) < 4.78 is 8.02. The van der Waals surface area contributed by atoms with E-state index < -0.39 is 0 Å². The maximum atomic E-state index is 5.21. The zero-order valence-corrected chi connectivity index (χ0v) is 12.2. The molecule has 0 aliphatic rings. The first-order valence-corrected chi connectivity index (χ1v) is 6.49. The lowest BCUT2D eigenvalue weighted by Gasteiger charge is -2.16. The van der Waals surface area contributed by atoms with Crippen molar-refractivity contribution in [1.29, 1.82) is 0 Å². The molecule has 1 unspecified atom stereocenters. The Labute approximate surface area is 115 Å². The Kier molecular flexibility index (Phi) is 3.91. The van der Waals surface area contributed by atoms with Gasteiger partial charge in [0.2, 0.25) is 0 Å². The number of hydrogen-bond acceptors (Lipinski definition) is 3. The van der Waals surface area contributed by atoms with Crippen LogP contribution >= 0.6 is 15.9 Å². The summed E-state index contributed by atoms with van der Waals surface area (Å²) in [4.78, 5) is 0. The molecule has 0 aliphatic carbocycles. The van der Waals surface area contributed by atoms with Crippen molar-refractivity contribution >= 4 is 21.6 Å². The molecule has 1 N–H and O–H groups in total. The monoisotopic (exact) mass is 309 g/mol. The summed E-state index contributed by atoms with van der Waals surface area (Å²) in [5, 5.41) is 7.60. The molecule has 1 aromatic heterocycles. The van der Waals surface area contributed by atoms with Gasteiger partial charge in [0.25, 0.3) is 0 Å². The summed E-state index contributed by atoms with van der Waals surface area (Å²) in [5.41, 5.74) is 2.18. The van der Waals surface area contributed by atoms with Crippen molar-refractivity contribution in [3.63, 3.8) is 0 Å². The molecule has 0 aliphatic heterocycles. The van der Waals surface area contributed by atoms with Crippen LogP contribution in [0.5, 0.6) is 5.75 Å². The van der Waals surface area contributed by atoms with Gasteiger partial charge < -0.3 is 10.1 Å². The Balaban J connectivity index is 2.15. The third kappa shape index (κ3) is 2.67. The summed E-state index contributed by atoms with van der Waals surface area (Å²) in [7, 11) is 3.60. The van der Waals surface area contributed by atoms with Gasteiger partial charge in [0.05, 0.1) is 23.3 Å². The van der Waals surface area contributed by atoms with Crippen molar-refractivity contribution < 1.29 is 4.74 Å².